The van der Waals surface area contributed by atoms with Crippen LogP contribution in [0, 0.1) is 20.8 Å². The van der Waals surface area contributed by atoms with Crippen molar-refractivity contribution in [3.63, 3.8) is 0 Å². The molecule has 0 aromatic heterocycles. The summed E-state index contributed by atoms with van der Waals surface area (Å²) in [6, 6.07) is 9.05. The third-order valence-electron chi connectivity index (χ3n) is 4.01. The maximum absolute atomic E-state index is 12.0. The number of carbonyl (C=O) groups excluding carboxylic acids is 2. The van der Waals surface area contributed by atoms with Gasteiger partial charge in [0, 0.05) is 11.1 Å². The maximum atomic E-state index is 12.0. The minimum atomic E-state index is -0.486. The van der Waals surface area contributed by atoms with Gasteiger partial charge in [0.05, 0.1) is 7.11 Å². The van der Waals surface area contributed by atoms with Crippen LogP contribution in [0.2, 0.25) is 0 Å². The Morgan fingerprint density at radius 3 is 2.23 bits per heavy atom. The third-order valence-corrected chi connectivity index (χ3v) is 4.01. The summed E-state index contributed by atoms with van der Waals surface area (Å²) in [6.07, 6.45) is 0. The van der Waals surface area contributed by atoms with E-state index in [4.69, 9.17) is 14.2 Å². The Labute approximate surface area is 153 Å². The molecule has 0 fully saturated rings. The molecule has 0 aliphatic carbocycles. The highest BCUT2D eigenvalue weighted by Crippen LogP contribution is 2.25. The van der Waals surface area contributed by atoms with Crippen LogP contribution in [0.3, 0.4) is 0 Å². The first-order chi connectivity index (χ1) is 12.3. The van der Waals surface area contributed by atoms with Crippen molar-refractivity contribution in [2.24, 2.45) is 0 Å². The predicted molar refractivity (Wildman–Crippen MR) is 98.9 cm³/mol. The molecule has 0 atom stereocenters. The van der Waals surface area contributed by atoms with Gasteiger partial charge in [-0.1, -0.05) is 17.7 Å². The second-order valence-electron chi connectivity index (χ2n) is 6.26. The molecule has 2 aromatic carbocycles. The molecular weight excluding hydrogens is 332 g/mol. The first-order valence-electron chi connectivity index (χ1n) is 8.36. The van der Waals surface area contributed by atoms with Crippen LogP contribution < -0.4 is 9.47 Å². The van der Waals surface area contributed by atoms with E-state index in [1.54, 1.807) is 18.2 Å². The van der Waals surface area contributed by atoms with Gasteiger partial charge in [-0.25, -0.2) is 4.79 Å². The van der Waals surface area contributed by atoms with Gasteiger partial charge in [0.2, 0.25) is 0 Å². The molecule has 2 aromatic rings. The monoisotopic (exact) mass is 356 g/mol. The predicted octanol–water partition coefficient (Wildman–Crippen LogP) is 3.95. The lowest BCUT2D eigenvalue weighted by Gasteiger charge is -2.14. The fourth-order valence-corrected chi connectivity index (χ4v) is 2.84. The van der Waals surface area contributed by atoms with Gasteiger partial charge in [-0.15, -0.1) is 0 Å². The van der Waals surface area contributed by atoms with Gasteiger partial charge < -0.3 is 14.2 Å². The fourth-order valence-electron chi connectivity index (χ4n) is 2.84. The Hall–Kier alpha value is -2.82. The molecule has 0 radical (unpaired) electrons. The number of ether oxygens (including phenoxy) is 3. The summed E-state index contributed by atoms with van der Waals surface area (Å²) in [5, 5.41) is 0. The smallest absolute Gasteiger partial charge is 0.344 e. The molecule has 0 saturated heterocycles. The van der Waals surface area contributed by atoms with Crippen LogP contribution in [-0.2, 0) is 16.1 Å². The molecule has 0 N–H and O–H groups in total. The number of carbonyl (C=O) groups is 2. The van der Waals surface area contributed by atoms with Crippen LogP contribution in [0.5, 0.6) is 11.5 Å². The Kier molecular flexibility index (Phi) is 6.39. The average Bonchev–Trinajstić information content (AvgIpc) is 2.58. The largest absolute Gasteiger partial charge is 0.496 e. The number of methoxy groups -OCH3 is 1. The maximum Gasteiger partial charge on any atom is 0.344 e. The quantitative estimate of drug-likeness (QED) is 0.555. The molecule has 0 amide bonds. The number of hydrogen-bond donors (Lipinski definition) is 0. The van der Waals surface area contributed by atoms with E-state index in [0.717, 1.165) is 16.7 Å². The summed E-state index contributed by atoms with van der Waals surface area (Å²) in [7, 11) is 1.53. The Morgan fingerprint density at radius 1 is 1.00 bits per heavy atom. The lowest BCUT2D eigenvalue weighted by Crippen LogP contribution is -2.16. The van der Waals surface area contributed by atoms with Gasteiger partial charge in [0.1, 0.15) is 18.1 Å². The zero-order valence-corrected chi connectivity index (χ0v) is 15.8. The number of rotatable bonds is 7. The molecular formula is C21H24O5. The van der Waals surface area contributed by atoms with E-state index in [-0.39, 0.29) is 19.0 Å². The summed E-state index contributed by atoms with van der Waals surface area (Å²) >= 11 is 0. The molecule has 0 bridgehead atoms. The Bertz CT molecular complexity index is 800. The Morgan fingerprint density at radius 2 is 1.65 bits per heavy atom. The molecule has 0 aliphatic heterocycles. The lowest BCUT2D eigenvalue weighted by atomic mass is 10.1. The average molecular weight is 356 g/mol. The number of hydrogen-bond acceptors (Lipinski definition) is 5. The number of Topliss-reactive ketones (excluding diaryl/α,β-unsaturated/α-hetero) is 1. The normalized spacial score (nSPS) is 10.3. The SMILES string of the molecule is COc1ccc(C(C)=O)cc1COC(=O)COc1c(C)cc(C)cc1C. The number of aryl methyl sites for hydroxylation is 3. The van der Waals surface area contributed by atoms with Crippen LogP contribution in [0.1, 0.15) is 39.5 Å². The number of esters is 1. The van der Waals surface area contributed by atoms with Crippen LogP contribution in [0.4, 0.5) is 0 Å². The lowest BCUT2D eigenvalue weighted by molar-refractivity contribution is -0.147. The zero-order valence-electron chi connectivity index (χ0n) is 15.8. The molecule has 138 valence electrons. The van der Waals surface area contributed by atoms with Crippen LogP contribution >= 0.6 is 0 Å². The van der Waals surface area contributed by atoms with Gasteiger partial charge in [0.25, 0.3) is 0 Å². The van der Waals surface area contributed by atoms with Crippen LogP contribution in [-0.4, -0.2) is 25.5 Å². The number of benzene rings is 2. The summed E-state index contributed by atoms with van der Waals surface area (Å²) in [6.45, 7) is 7.22. The zero-order chi connectivity index (χ0) is 19.3. The van der Waals surface area contributed by atoms with Crippen molar-refractivity contribution in [1.29, 1.82) is 0 Å². The first-order valence-corrected chi connectivity index (χ1v) is 8.36. The van der Waals surface area contributed by atoms with Crippen molar-refractivity contribution in [3.05, 3.63) is 58.1 Å². The van der Waals surface area contributed by atoms with Gasteiger partial charge in [0.15, 0.2) is 12.4 Å². The van der Waals surface area contributed by atoms with E-state index < -0.39 is 5.97 Å². The molecule has 5 nitrogen and oxygen atoms in total. The van der Waals surface area contributed by atoms with E-state index in [1.165, 1.54) is 14.0 Å². The van der Waals surface area contributed by atoms with Crippen molar-refractivity contribution in [1.82, 2.24) is 0 Å². The standard InChI is InChI=1S/C21H24O5/c1-13-8-14(2)21(15(3)9-13)26-12-20(23)25-11-18-10-17(16(4)22)6-7-19(18)24-5/h6-10H,11-12H2,1-5H3. The molecule has 5 heteroatoms. The van der Waals surface area contributed by atoms with E-state index >= 15 is 0 Å². The van der Waals surface area contributed by atoms with Crippen LogP contribution in [0.25, 0.3) is 0 Å². The topological polar surface area (TPSA) is 61.8 Å². The van der Waals surface area contributed by atoms with E-state index in [0.29, 0.717) is 22.6 Å². The summed E-state index contributed by atoms with van der Waals surface area (Å²) in [5.41, 5.74) is 4.28. The van der Waals surface area contributed by atoms with E-state index in [1.807, 2.05) is 32.9 Å². The third kappa shape index (κ3) is 4.85. The van der Waals surface area contributed by atoms with E-state index in [9.17, 15) is 9.59 Å². The second-order valence-corrected chi connectivity index (χ2v) is 6.26. The fraction of sp³-hybridized carbons (Fsp3) is 0.333. The second kappa shape index (κ2) is 8.52. The molecule has 0 saturated carbocycles. The van der Waals surface area contributed by atoms with Gasteiger partial charge in [-0.3, -0.25) is 4.79 Å². The molecule has 2 rings (SSSR count). The molecule has 0 heterocycles. The van der Waals surface area contributed by atoms with Gasteiger partial charge in [-0.2, -0.15) is 0 Å². The Balaban J connectivity index is 1.99. The first kappa shape index (κ1) is 19.5. The van der Waals surface area contributed by atoms with Crippen molar-refractivity contribution < 1.29 is 23.8 Å². The molecule has 0 unspecified atom stereocenters. The summed E-state index contributed by atoms with van der Waals surface area (Å²) in [4.78, 5) is 23.6. The molecule has 0 aliphatic rings. The molecule has 26 heavy (non-hydrogen) atoms. The van der Waals surface area contributed by atoms with Crippen molar-refractivity contribution in [2.45, 2.75) is 34.3 Å². The van der Waals surface area contributed by atoms with Gasteiger partial charge in [-0.05, 0) is 57.0 Å². The summed E-state index contributed by atoms with van der Waals surface area (Å²) in [5.74, 6) is 0.714. The number of ketones is 1. The van der Waals surface area contributed by atoms with Crippen molar-refractivity contribution in [2.75, 3.05) is 13.7 Å². The highest BCUT2D eigenvalue weighted by atomic mass is 16.6. The van der Waals surface area contributed by atoms with Crippen molar-refractivity contribution >= 4 is 11.8 Å². The van der Waals surface area contributed by atoms with Gasteiger partial charge >= 0.3 is 5.97 Å². The highest BCUT2D eigenvalue weighted by molar-refractivity contribution is 5.94. The van der Waals surface area contributed by atoms with Crippen LogP contribution in [0.15, 0.2) is 30.3 Å². The minimum Gasteiger partial charge on any atom is -0.496 e. The highest BCUT2D eigenvalue weighted by Gasteiger charge is 2.12. The van der Waals surface area contributed by atoms with Crippen molar-refractivity contribution in [3.8, 4) is 11.5 Å². The van der Waals surface area contributed by atoms with E-state index in [2.05, 4.69) is 0 Å². The summed E-state index contributed by atoms with van der Waals surface area (Å²) < 4.78 is 16.2. The minimum absolute atomic E-state index is 0.0123. The molecule has 0 spiro atoms.